The molecule has 198 valence electrons. The van der Waals surface area contributed by atoms with Crippen LogP contribution in [0.5, 0.6) is 11.6 Å². The minimum atomic E-state index is 0.145. The van der Waals surface area contributed by atoms with Gasteiger partial charge in [0.05, 0.1) is 17.7 Å². The predicted octanol–water partition coefficient (Wildman–Crippen LogP) is 6.41. The molecule has 0 spiro atoms. The van der Waals surface area contributed by atoms with Gasteiger partial charge >= 0.3 is 0 Å². The number of aryl methyl sites for hydroxylation is 1. The van der Waals surface area contributed by atoms with Crippen LogP contribution in [-0.2, 0) is 19.6 Å². The summed E-state index contributed by atoms with van der Waals surface area (Å²) in [5.74, 6) is 1.52. The van der Waals surface area contributed by atoms with Crippen LogP contribution in [-0.4, -0.2) is 34.5 Å². The molecule has 1 aliphatic heterocycles. The van der Waals surface area contributed by atoms with Crippen molar-refractivity contribution in [3.8, 4) is 17.7 Å². The summed E-state index contributed by atoms with van der Waals surface area (Å²) in [6.45, 7) is 3.41. The second-order valence-corrected chi connectivity index (χ2v) is 11.1. The largest absolute Gasteiger partial charge is 0.482 e. The summed E-state index contributed by atoms with van der Waals surface area (Å²) < 4.78 is 13.7. The zero-order valence-electron chi connectivity index (χ0n) is 21.7. The van der Waals surface area contributed by atoms with Crippen molar-refractivity contribution < 1.29 is 9.47 Å². The molecule has 4 aromatic rings. The summed E-state index contributed by atoms with van der Waals surface area (Å²) in [4.78, 5) is 11.5. The van der Waals surface area contributed by atoms with Crippen molar-refractivity contribution in [2.75, 3.05) is 19.6 Å². The van der Waals surface area contributed by atoms with Crippen LogP contribution in [0, 0.1) is 20.8 Å². The van der Waals surface area contributed by atoms with Gasteiger partial charge in [0, 0.05) is 23.2 Å². The molecule has 0 bridgehead atoms. The highest BCUT2D eigenvalue weighted by molar-refractivity contribution is 14.1. The number of benzene rings is 3. The van der Waals surface area contributed by atoms with Gasteiger partial charge in [-0.25, -0.2) is 4.98 Å². The maximum absolute atomic E-state index is 9.23. The van der Waals surface area contributed by atoms with Gasteiger partial charge in [0.25, 0.3) is 5.88 Å². The SMILES string of the molecule is N#CC1CN(C[C@@H](CCc2ncnc(OCc3ccccc3)c2OCc2ccccc2)c2ccc(I)cc2)C1. The first-order chi connectivity index (χ1) is 19.2. The Morgan fingerprint density at radius 2 is 1.51 bits per heavy atom. The van der Waals surface area contributed by atoms with Crippen LogP contribution in [0.3, 0.4) is 0 Å². The van der Waals surface area contributed by atoms with Crippen LogP contribution in [0.1, 0.15) is 34.7 Å². The molecule has 1 aromatic heterocycles. The van der Waals surface area contributed by atoms with E-state index in [1.165, 1.54) is 9.13 Å². The minimum absolute atomic E-state index is 0.145. The Morgan fingerprint density at radius 3 is 2.15 bits per heavy atom. The summed E-state index contributed by atoms with van der Waals surface area (Å²) >= 11 is 2.34. The Hall–Kier alpha value is -3.48. The van der Waals surface area contributed by atoms with Crippen molar-refractivity contribution in [1.29, 1.82) is 5.26 Å². The molecule has 7 heteroatoms. The Bertz CT molecular complexity index is 1370. The third kappa shape index (κ3) is 7.55. The summed E-state index contributed by atoms with van der Waals surface area (Å²) in [5.41, 5.74) is 4.29. The van der Waals surface area contributed by atoms with E-state index < -0.39 is 0 Å². The summed E-state index contributed by atoms with van der Waals surface area (Å²) in [5, 5.41) is 9.23. The normalized spacial score (nSPS) is 14.3. The van der Waals surface area contributed by atoms with Gasteiger partial charge in [0.2, 0.25) is 5.75 Å². The first-order valence-corrected chi connectivity index (χ1v) is 14.3. The molecule has 0 N–H and O–H groups in total. The molecule has 0 unspecified atom stereocenters. The maximum atomic E-state index is 9.23. The zero-order chi connectivity index (χ0) is 26.9. The number of nitrogens with zero attached hydrogens (tertiary/aromatic N) is 4. The van der Waals surface area contributed by atoms with Gasteiger partial charge in [-0.15, -0.1) is 0 Å². The van der Waals surface area contributed by atoms with Crippen molar-refractivity contribution in [2.45, 2.75) is 32.0 Å². The molecular weight excluding hydrogens is 599 g/mol. The number of hydrogen-bond donors (Lipinski definition) is 0. The van der Waals surface area contributed by atoms with E-state index in [2.05, 4.69) is 67.8 Å². The topological polar surface area (TPSA) is 71.3 Å². The van der Waals surface area contributed by atoms with E-state index in [4.69, 9.17) is 9.47 Å². The average Bonchev–Trinajstić information content (AvgIpc) is 2.96. The number of ether oxygens (including phenoxy) is 2. The molecule has 0 amide bonds. The maximum Gasteiger partial charge on any atom is 0.260 e. The molecule has 0 saturated carbocycles. The predicted molar refractivity (Wildman–Crippen MR) is 159 cm³/mol. The number of likely N-dealkylation sites (tertiary alicyclic amines) is 1. The lowest BCUT2D eigenvalue weighted by Crippen LogP contribution is -2.47. The zero-order valence-corrected chi connectivity index (χ0v) is 23.9. The number of halogens is 1. The summed E-state index contributed by atoms with van der Waals surface area (Å²) in [6, 6.07) is 31.3. The number of nitriles is 1. The highest BCUT2D eigenvalue weighted by Crippen LogP contribution is 2.33. The Kier molecular flexibility index (Phi) is 9.41. The molecule has 5 rings (SSSR count). The van der Waals surface area contributed by atoms with E-state index in [0.29, 0.717) is 30.8 Å². The van der Waals surface area contributed by atoms with E-state index >= 15 is 0 Å². The van der Waals surface area contributed by atoms with E-state index in [-0.39, 0.29) is 5.92 Å². The van der Waals surface area contributed by atoms with Crippen LogP contribution in [0.4, 0.5) is 0 Å². The van der Waals surface area contributed by atoms with Gasteiger partial charge < -0.3 is 14.4 Å². The Balaban J connectivity index is 1.35. The van der Waals surface area contributed by atoms with E-state index in [9.17, 15) is 5.26 Å². The van der Waals surface area contributed by atoms with Crippen molar-refractivity contribution in [3.63, 3.8) is 0 Å². The third-order valence-electron chi connectivity index (χ3n) is 6.98. The van der Waals surface area contributed by atoms with E-state index in [1.807, 2.05) is 60.7 Å². The smallest absolute Gasteiger partial charge is 0.260 e. The van der Waals surface area contributed by atoms with Crippen LogP contribution in [0.15, 0.2) is 91.3 Å². The van der Waals surface area contributed by atoms with Gasteiger partial charge in [-0.05, 0) is 70.2 Å². The highest BCUT2D eigenvalue weighted by Gasteiger charge is 2.29. The van der Waals surface area contributed by atoms with Crippen LogP contribution < -0.4 is 9.47 Å². The lowest BCUT2D eigenvalue weighted by molar-refractivity contribution is 0.124. The summed E-state index contributed by atoms with van der Waals surface area (Å²) in [6.07, 6.45) is 3.18. The van der Waals surface area contributed by atoms with E-state index in [1.54, 1.807) is 6.33 Å². The first kappa shape index (κ1) is 27.1. The van der Waals surface area contributed by atoms with Crippen molar-refractivity contribution in [2.24, 2.45) is 5.92 Å². The fraction of sp³-hybridized carbons (Fsp3) is 0.281. The molecule has 0 radical (unpaired) electrons. The summed E-state index contributed by atoms with van der Waals surface area (Å²) in [7, 11) is 0. The number of hydrogen-bond acceptors (Lipinski definition) is 6. The molecule has 1 fully saturated rings. The number of aromatic nitrogens is 2. The lowest BCUT2D eigenvalue weighted by atomic mass is 9.90. The van der Waals surface area contributed by atoms with Crippen molar-refractivity contribution in [1.82, 2.24) is 14.9 Å². The second-order valence-electron chi connectivity index (χ2n) is 9.83. The van der Waals surface area contributed by atoms with Crippen molar-refractivity contribution in [3.05, 3.63) is 117 Å². The molecule has 39 heavy (non-hydrogen) atoms. The quantitative estimate of drug-likeness (QED) is 0.169. The van der Waals surface area contributed by atoms with Gasteiger partial charge in [-0.2, -0.15) is 10.2 Å². The Morgan fingerprint density at radius 1 is 0.872 bits per heavy atom. The molecular formula is C32H31IN4O2. The molecule has 6 nitrogen and oxygen atoms in total. The van der Waals surface area contributed by atoms with Crippen LogP contribution in [0.25, 0.3) is 0 Å². The minimum Gasteiger partial charge on any atom is -0.482 e. The van der Waals surface area contributed by atoms with Crippen LogP contribution in [0.2, 0.25) is 0 Å². The highest BCUT2D eigenvalue weighted by atomic mass is 127. The average molecular weight is 631 g/mol. The number of rotatable bonds is 12. The monoisotopic (exact) mass is 630 g/mol. The van der Waals surface area contributed by atoms with E-state index in [0.717, 1.165) is 49.3 Å². The van der Waals surface area contributed by atoms with Gasteiger partial charge in [-0.1, -0.05) is 72.8 Å². The standard InChI is InChI=1S/C32H31IN4O2/c33-29-14-11-27(12-15-29)28(20-37-18-26(17-34)19-37)13-16-30-31(38-21-24-7-3-1-4-8-24)32(36-23-35-30)39-22-25-9-5-2-6-10-25/h1-12,14-15,23,26,28H,13,16,18-22H2/t28-/m1/s1. The fourth-order valence-corrected chi connectivity index (χ4v) is 5.15. The Labute approximate surface area is 243 Å². The molecule has 1 saturated heterocycles. The third-order valence-corrected chi connectivity index (χ3v) is 7.70. The molecule has 0 aliphatic carbocycles. The molecule has 1 atom stereocenters. The lowest BCUT2D eigenvalue weighted by Gasteiger charge is -2.38. The van der Waals surface area contributed by atoms with Crippen LogP contribution >= 0.6 is 22.6 Å². The van der Waals surface area contributed by atoms with Gasteiger partial charge in [0.1, 0.15) is 19.5 Å². The molecule has 3 aromatic carbocycles. The van der Waals surface area contributed by atoms with Gasteiger partial charge in [0.15, 0.2) is 0 Å². The van der Waals surface area contributed by atoms with Gasteiger partial charge in [-0.3, -0.25) is 0 Å². The fourth-order valence-electron chi connectivity index (χ4n) is 4.79. The van der Waals surface area contributed by atoms with Crippen molar-refractivity contribution >= 4 is 22.6 Å². The molecule has 1 aliphatic rings. The first-order valence-electron chi connectivity index (χ1n) is 13.2. The molecule has 2 heterocycles. The second kappa shape index (κ2) is 13.5.